The van der Waals surface area contributed by atoms with Crippen molar-refractivity contribution in [2.45, 2.75) is 285 Å². The van der Waals surface area contributed by atoms with Gasteiger partial charge in [0.25, 0.3) is 0 Å². The Labute approximate surface area is 495 Å². The van der Waals surface area contributed by atoms with Crippen molar-refractivity contribution in [3.8, 4) is 0 Å². The van der Waals surface area contributed by atoms with E-state index in [4.69, 9.17) is 28.4 Å². The minimum atomic E-state index is -1.98. The fraction of sp³-hybridized carbons (Fsp3) is 0.766. The first-order valence-corrected chi connectivity index (χ1v) is 31.3. The maximum Gasteiger partial charge on any atom is 0.220 e. The van der Waals surface area contributed by atoms with Gasteiger partial charge in [-0.05, 0) is 77.6 Å². The fourth-order valence-electron chi connectivity index (χ4n) is 10.2. The molecule has 0 saturated carbocycles. The summed E-state index contributed by atoms with van der Waals surface area (Å²) in [5.41, 5.74) is 0. The number of ether oxygens (including phenoxy) is 6. The number of unbranched alkanes of at least 4 members (excludes halogenated alkanes) is 18. The van der Waals surface area contributed by atoms with E-state index in [2.05, 4.69) is 79.1 Å². The highest BCUT2D eigenvalue weighted by Crippen LogP contribution is 2.33. The molecule has 0 spiro atoms. The van der Waals surface area contributed by atoms with E-state index < -0.39 is 124 Å². The van der Waals surface area contributed by atoms with Gasteiger partial charge in [-0.25, -0.2) is 0 Å². The van der Waals surface area contributed by atoms with Crippen molar-refractivity contribution < 1.29 is 89.4 Å². The standard InChI is InChI=1S/C64H109NO18/c1-3-5-7-9-11-13-14-15-16-17-18-19-20-21-22-23-24-25-26-27-28-29-30-31-32-34-36-38-40-42-52(70)65-47(48(69)41-39-37-35-33-12-10-8-6-4-2)46-78-62-58(76)55(73)60(50(44-67)80-62)83-64-59(77)56(74)61(51(45-68)81-64)82-63-57(75)54(72)53(71)49(43-66)79-63/h4-7,11-13,15-16,18-19,33,39,41,47-51,53-64,66-69,71-77H,3,8-10,14,17,20-32,34-38,40,42-46H2,1-2H3,(H,65,70)/b6-4+,7-5-,13-11-,16-15-,19-18-,33-12+,41-39+. The molecule has 3 saturated heterocycles. The van der Waals surface area contributed by atoms with E-state index in [1.165, 1.54) is 83.5 Å². The van der Waals surface area contributed by atoms with E-state index in [0.717, 1.165) is 64.2 Å². The molecule has 0 radical (unpaired) electrons. The summed E-state index contributed by atoms with van der Waals surface area (Å²) in [7, 11) is 0. The van der Waals surface area contributed by atoms with E-state index in [-0.39, 0.29) is 18.9 Å². The molecule has 12 N–H and O–H groups in total. The van der Waals surface area contributed by atoms with Crippen LogP contribution in [0.15, 0.2) is 85.1 Å². The van der Waals surface area contributed by atoms with Gasteiger partial charge < -0.3 is 89.9 Å². The van der Waals surface area contributed by atoms with Crippen LogP contribution in [-0.4, -0.2) is 193 Å². The zero-order chi connectivity index (χ0) is 60.5. The van der Waals surface area contributed by atoms with Crippen LogP contribution in [0.2, 0.25) is 0 Å². The monoisotopic (exact) mass is 1180 g/mol. The van der Waals surface area contributed by atoms with Crippen molar-refractivity contribution in [2.75, 3.05) is 26.4 Å². The number of carbonyl (C=O) groups is 1. The van der Waals surface area contributed by atoms with E-state index in [1.54, 1.807) is 6.08 Å². The SMILES string of the molecule is C/C=C/CC/C=C/CC/C=C/C(O)C(COC1OC(CO)C(OC2OC(CO)C(OC3OC(CO)C(O)C(O)C3O)C(O)C2O)C(O)C1O)NC(=O)CCCCCCCCCCCCCCCCCC/C=C\C/C=C\C/C=C\C/C=C\CC. The number of carbonyl (C=O) groups excluding carboxylic acids is 1. The molecule has 83 heavy (non-hydrogen) atoms. The van der Waals surface area contributed by atoms with Crippen molar-refractivity contribution in [3.63, 3.8) is 0 Å². The normalized spacial score (nSPS) is 30.0. The summed E-state index contributed by atoms with van der Waals surface area (Å²) in [6, 6.07) is -0.997. The summed E-state index contributed by atoms with van der Waals surface area (Å²) < 4.78 is 34.2. The molecule has 0 aromatic carbocycles. The molecule has 19 nitrogen and oxygen atoms in total. The van der Waals surface area contributed by atoms with Gasteiger partial charge in [-0.3, -0.25) is 4.79 Å². The van der Waals surface area contributed by atoms with Crippen molar-refractivity contribution in [1.29, 1.82) is 0 Å². The second kappa shape index (κ2) is 46.2. The van der Waals surface area contributed by atoms with Gasteiger partial charge in [-0.15, -0.1) is 0 Å². The molecule has 478 valence electrons. The predicted octanol–water partition coefficient (Wildman–Crippen LogP) is 6.37. The third-order valence-corrected chi connectivity index (χ3v) is 15.3. The number of allylic oxidation sites excluding steroid dienone is 13. The third kappa shape index (κ3) is 29.5. The van der Waals surface area contributed by atoms with Crippen molar-refractivity contribution in [3.05, 3.63) is 85.1 Å². The Morgan fingerprint density at radius 3 is 1.35 bits per heavy atom. The highest BCUT2D eigenvalue weighted by atomic mass is 16.8. The van der Waals surface area contributed by atoms with Crippen LogP contribution in [-0.2, 0) is 33.2 Å². The van der Waals surface area contributed by atoms with Crippen LogP contribution in [0, 0.1) is 0 Å². The lowest BCUT2D eigenvalue weighted by Gasteiger charge is -2.48. The smallest absolute Gasteiger partial charge is 0.220 e. The second-order valence-corrected chi connectivity index (χ2v) is 22.1. The number of nitrogens with one attached hydrogen (secondary N) is 1. The lowest BCUT2D eigenvalue weighted by molar-refractivity contribution is -0.379. The molecule has 3 heterocycles. The maximum absolute atomic E-state index is 13.3. The van der Waals surface area contributed by atoms with Crippen LogP contribution < -0.4 is 5.32 Å². The van der Waals surface area contributed by atoms with Gasteiger partial charge in [0.2, 0.25) is 5.91 Å². The number of rotatable bonds is 45. The summed E-state index contributed by atoms with van der Waals surface area (Å²) in [5.74, 6) is -0.296. The molecular formula is C64H109NO18. The molecule has 3 aliphatic heterocycles. The summed E-state index contributed by atoms with van der Waals surface area (Å²) >= 11 is 0. The van der Waals surface area contributed by atoms with Crippen LogP contribution in [0.4, 0.5) is 0 Å². The average Bonchev–Trinajstić information content (AvgIpc) is 3.25. The van der Waals surface area contributed by atoms with Crippen LogP contribution in [0.5, 0.6) is 0 Å². The minimum absolute atomic E-state index is 0.228. The summed E-state index contributed by atoms with van der Waals surface area (Å²) in [6.45, 7) is 1.32. The van der Waals surface area contributed by atoms with Crippen LogP contribution >= 0.6 is 0 Å². The Kier molecular flexibility index (Phi) is 41.3. The molecule has 19 heteroatoms. The van der Waals surface area contributed by atoms with Crippen molar-refractivity contribution >= 4 is 5.91 Å². The molecule has 0 aliphatic carbocycles. The summed E-state index contributed by atoms with van der Waals surface area (Å²) in [6.07, 6.45) is 30.5. The largest absolute Gasteiger partial charge is 0.394 e. The van der Waals surface area contributed by atoms with E-state index in [9.17, 15) is 61.0 Å². The molecule has 3 fully saturated rings. The van der Waals surface area contributed by atoms with Crippen LogP contribution in [0.1, 0.15) is 181 Å². The highest BCUT2D eigenvalue weighted by molar-refractivity contribution is 5.76. The Hall–Kier alpha value is -3.03. The zero-order valence-corrected chi connectivity index (χ0v) is 49.9. The summed E-state index contributed by atoms with van der Waals surface area (Å²) in [5, 5.41) is 120. The quantitative estimate of drug-likeness (QED) is 0.0233. The fourth-order valence-corrected chi connectivity index (χ4v) is 10.2. The highest BCUT2D eigenvalue weighted by Gasteiger charge is 2.53. The van der Waals surface area contributed by atoms with Gasteiger partial charge in [-0.1, -0.05) is 182 Å². The van der Waals surface area contributed by atoms with Gasteiger partial charge in [0.05, 0.1) is 38.6 Å². The zero-order valence-electron chi connectivity index (χ0n) is 49.9. The lowest BCUT2D eigenvalue weighted by atomic mass is 9.96. The number of hydrogen-bond donors (Lipinski definition) is 12. The van der Waals surface area contributed by atoms with E-state index >= 15 is 0 Å². The van der Waals surface area contributed by atoms with Crippen LogP contribution in [0.3, 0.4) is 0 Å². The average molecular weight is 1180 g/mol. The molecule has 0 aromatic rings. The molecule has 17 atom stereocenters. The van der Waals surface area contributed by atoms with E-state index in [0.29, 0.717) is 12.8 Å². The summed E-state index contributed by atoms with van der Waals surface area (Å²) in [4.78, 5) is 13.3. The van der Waals surface area contributed by atoms with Gasteiger partial charge in [0.15, 0.2) is 18.9 Å². The van der Waals surface area contributed by atoms with Gasteiger partial charge in [-0.2, -0.15) is 0 Å². The first kappa shape index (κ1) is 74.2. The first-order valence-electron chi connectivity index (χ1n) is 31.3. The number of aliphatic hydroxyl groups excluding tert-OH is 11. The predicted molar refractivity (Wildman–Crippen MR) is 318 cm³/mol. The second-order valence-electron chi connectivity index (χ2n) is 22.1. The minimum Gasteiger partial charge on any atom is -0.394 e. The van der Waals surface area contributed by atoms with Gasteiger partial charge in [0, 0.05) is 6.42 Å². The Balaban J connectivity index is 1.38. The van der Waals surface area contributed by atoms with Crippen molar-refractivity contribution in [1.82, 2.24) is 5.32 Å². The number of amides is 1. The molecular weight excluding hydrogens is 1070 g/mol. The Morgan fingerprint density at radius 2 is 0.855 bits per heavy atom. The topological polar surface area (TPSA) is 307 Å². The lowest BCUT2D eigenvalue weighted by Crippen LogP contribution is -2.66. The molecule has 3 aliphatic rings. The molecule has 1 amide bonds. The number of aliphatic hydroxyl groups is 11. The number of hydrogen-bond acceptors (Lipinski definition) is 18. The van der Waals surface area contributed by atoms with E-state index in [1.807, 2.05) is 19.1 Å². The molecule has 0 bridgehead atoms. The Bertz CT molecular complexity index is 1840. The van der Waals surface area contributed by atoms with Crippen LogP contribution in [0.25, 0.3) is 0 Å². The third-order valence-electron chi connectivity index (χ3n) is 15.3. The van der Waals surface area contributed by atoms with Gasteiger partial charge in [0.1, 0.15) is 73.2 Å². The van der Waals surface area contributed by atoms with Gasteiger partial charge >= 0.3 is 0 Å². The maximum atomic E-state index is 13.3. The van der Waals surface area contributed by atoms with Crippen molar-refractivity contribution in [2.24, 2.45) is 0 Å². The molecule has 17 unspecified atom stereocenters. The Morgan fingerprint density at radius 1 is 0.458 bits per heavy atom. The molecule has 0 aromatic heterocycles. The molecule has 3 rings (SSSR count). The first-order chi connectivity index (χ1) is 40.3.